The van der Waals surface area contributed by atoms with Crippen molar-refractivity contribution in [1.82, 2.24) is 4.98 Å². The van der Waals surface area contributed by atoms with Crippen molar-refractivity contribution < 1.29 is 5.11 Å². The third-order valence-corrected chi connectivity index (χ3v) is 2.91. The van der Waals surface area contributed by atoms with E-state index in [0.717, 1.165) is 21.2 Å². The molecule has 0 aliphatic rings. The molecule has 0 aliphatic carbocycles. The molecule has 0 fully saturated rings. The molecule has 0 spiro atoms. The van der Waals surface area contributed by atoms with Crippen LogP contribution in [0.4, 0.5) is 0 Å². The van der Waals surface area contributed by atoms with Crippen LogP contribution in [0.3, 0.4) is 0 Å². The predicted octanol–water partition coefficient (Wildman–Crippen LogP) is 2.16. The van der Waals surface area contributed by atoms with Gasteiger partial charge < -0.3 is 5.11 Å². The summed E-state index contributed by atoms with van der Waals surface area (Å²) in [6, 6.07) is 0. The number of nitrogens with zero attached hydrogens (tertiary/aromatic N) is 1. The fourth-order valence-corrected chi connectivity index (χ4v) is 2.31. The Bertz CT molecular complexity index is 519. The van der Waals surface area contributed by atoms with Crippen LogP contribution in [0, 0.1) is 11.8 Å². The lowest BCUT2D eigenvalue weighted by atomic mass is 10.1. The lowest BCUT2D eigenvalue weighted by molar-refractivity contribution is 0.283. The monoisotopic (exact) mass is 203 g/mol. The van der Waals surface area contributed by atoms with Gasteiger partial charge in [0.15, 0.2) is 0 Å². The first-order valence-corrected chi connectivity index (χ1v) is 5.12. The number of pyridine rings is 1. The van der Waals surface area contributed by atoms with Gasteiger partial charge in [0.25, 0.3) is 0 Å². The molecule has 0 amide bonds. The van der Waals surface area contributed by atoms with E-state index in [2.05, 4.69) is 16.8 Å². The van der Waals surface area contributed by atoms with Gasteiger partial charge in [-0.3, -0.25) is 4.98 Å². The SMILES string of the molecule is CC#Cc1csc2cncc(CO)c12. The summed E-state index contributed by atoms with van der Waals surface area (Å²) >= 11 is 1.61. The Morgan fingerprint density at radius 1 is 1.50 bits per heavy atom. The van der Waals surface area contributed by atoms with E-state index in [1.807, 2.05) is 12.3 Å². The maximum absolute atomic E-state index is 9.16. The molecule has 14 heavy (non-hydrogen) atoms. The predicted molar refractivity (Wildman–Crippen MR) is 58.1 cm³/mol. The molecule has 70 valence electrons. The molecule has 0 unspecified atom stereocenters. The minimum atomic E-state index is 0.0134. The van der Waals surface area contributed by atoms with Gasteiger partial charge in [0.2, 0.25) is 0 Å². The molecule has 3 heteroatoms. The van der Waals surface area contributed by atoms with E-state index in [-0.39, 0.29) is 6.61 Å². The van der Waals surface area contributed by atoms with E-state index in [0.29, 0.717) is 0 Å². The third kappa shape index (κ3) is 1.39. The summed E-state index contributed by atoms with van der Waals surface area (Å²) in [5, 5.41) is 12.2. The van der Waals surface area contributed by atoms with E-state index in [9.17, 15) is 0 Å². The molecule has 0 atom stereocenters. The van der Waals surface area contributed by atoms with Crippen molar-refractivity contribution in [3.05, 3.63) is 28.9 Å². The highest BCUT2D eigenvalue weighted by Crippen LogP contribution is 2.27. The quantitative estimate of drug-likeness (QED) is 0.720. The molecule has 2 rings (SSSR count). The van der Waals surface area contributed by atoms with Gasteiger partial charge in [-0.05, 0) is 6.92 Å². The van der Waals surface area contributed by atoms with Crippen LogP contribution in [0.25, 0.3) is 10.1 Å². The topological polar surface area (TPSA) is 33.1 Å². The highest BCUT2D eigenvalue weighted by Gasteiger charge is 2.06. The zero-order chi connectivity index (χ0) is 9.97. The minimum Gasteiger partial charge on any atom is -0.392 e. The van der Waals surface area contributed by atoms with Crippen LogP contribution >= 0.6 is 11.3 Å². The standard InChI is InChI=1S/C11H9NOS/c1-2-3-8-7-14-10-5-12-4-9(6-13)11(8)10/h4-5,7,13H,6H2,1H3. The second kappa shape index (κ2) is 3.79. The number of rotatable bonds is 1. The van der Waals surface area contributed by atoms with Gasteiger partial charge in [0.05, 0.1) is 11.3 Å². The summed E-state index contributed by atoms with van der Waals surface area (Å²) < 4.78 is 1.08. The van der Waals surface area contributed by atoms with Crippen LogP contribution in [-0.2, 0) is 6.61 Å². The Morgan fingerprint density at radius 3 is 3.07 bits per heavy atom. The van der Waals surface area contributed by atoms with Crippen LogP contribution in [0.15, 0.2) is 17.8 Å². The highest BCUT2D eigenvalue weighted by molar-refractivity contribution is 7.17. The van der Waals surface area contributed by atoms with Gasteiger partial charge in [0, 0.05) is 34.3 Å². The molecule has 0 bridgehead atoms. The largest absolute Gasteiger partial charge is 0.392 e. The Balaban J connectivity index is 2.78. The molecular weight excluding hydrogens is 194 g/mol. The molecule has 2 aromatic rings. The summed E-state index contributed by atoms with van der Waals surface area (Å²) in [5.74, 6) is 5.89. The molecule has 0 aromatic carbocycles. The van der Waals surface area contributed by atoms with Crippen LogP contribution in [0.5, 0.6) is 0 Å². The van der Waals surface area contributed by atoms with Gasteiger partial charge in [-0.2, -0.15) is 0 Å². The molecule has 0 radical (unpaired) electrons. The van der Waals surface area contributed by atoms with Crippen molar-refractivity contribution in [2.24, 2.45) is 0 Å². The van der Waals surface area contributed by atoms with Gasteiger partial charge in [-0.1, -0.05) is 5.92 Å². The number of fused-ring (bicyclic) bond motifs is 1. The zero-order valence-corrected chi connectivity index (χ0v) is 8.56. The van der Waals surface area contributed by atoms with Crippen LogP contribution < -0.4 is 0 Å². The van der Waals surface area contributed by atoms with E-state index < -0.39 is 0 Å². The van der Waals surface area contributed by atoms with Gasteiger partial charge >= 0.3 is 0 Å². The molecule has 2 aromatic heterocycles. The molecule has 0 saturated carbocycles. The second-order valence-corrected chi connectivity index (χ2v) is 3.77. The van der Waals surface area contributed by atoms with Crippen LogP contribution in [-0.4, -0.2) is 10.1 Å². The lowest BCUT2D eigenvalue weighted by Gasteiger charge is -1.97. The van der Waals surface area contributed by atoms with Gasteiger partial charge in [-0.25, -0.2) is 0 Å². The third-order valence-electron chi connectivity index (χ3n) is 1.99. The Hall–Kier alpha value is -1.37. The van der Waals surface area contributed by atoms with Crippen LogP contribution in [0.2, 0.25) is 0 Å². The molecular formula is C11H9NOS. The fraction of sp³-hybridized carbons (Fsp3) is 0.182. The van der Waals surface area contributed by atoms with Crippen molar-refractivity contribution in [1.29, 1.82) is 0 Å². The summed E-state index contributed by atoms with van der Waals surface area (Å²) in [5.41, 5.74) is 1.83. The average molecular weight is 203 g/mol. The van der Waals surface area contributed by atoms with Crippen molar-refractivity contribution in [2.75, 3.05) is 0 Å². The first-order valence-electron chi connectivity index (χ1n) is 4.24. The Morgan fingerprint density at radius 2 is 2.36 bits per heavy atom. The van der Waals surface area contributed by atoms with Gasteiger partial charge in [-0.15, -0.1) is 17.3 Å². The van der Waals surface area contributed by atoms with E-state index in [4.69, 9.17) is 5.11 Å². The fourth-order valence-electron chi connectivity index (χ4n) is 1.41. The molecule has 2 heterocycles. The highest BCUT2D eigenvalue weighted by atomic mass is 32.1. The Labute approximate surface area is 86.2 Å². The molecule has 0 aliphatic heterocycles. The zero-order valence-electron chi connectivity index (χ0n) is 7.74. The number of aromatic nitrogens is 1. The average Bonchev–Trinajstić information content (AvgIpc) is 2.62. The number of aliphatic hydroxyl groups is 1. The van der Waals surface area contributed by atoms with Crippen LogP contribution in [0.1, 0.15) is 18.1 Å². The Kier molecular flexibility index (Phi) is 2.49. The second-order valence-electron chi connectivity index (χ2n) is 2.85. The van der Waals surface area contributed by atoms with Gasteiger partial charge in [0.1, 0.15) is 0 Å². The summed E-state index contributed by atoms with van der Waals surface area (Å²) in [7, 11) is 0. The van der Waals surface area contributed by atoms with E-state index in [1.54, 1.807) is 23.7 Å². The van der Waals surface area contributed by atoms with E-state index in [1.165, 1.54) is 0 Å². The van der Waals surface area contributed by atoms with Crippen molar-refractivity contribution >= 4 is 21.4 Å². The summed E-state index contributed by atoms with van der Waals surface area (Å²) in [6.45, 7) is 1.82. The van der Waals surface area contributed by atoms with Crippen molar-refractivity contribution in [3.63, 3.8) is 0 Å². The number of aliphatic hydroxyl groups excluding tert-OH is 1. The maximum atomic E-state index is 9.16. The maximum Gasteiger partial charge on any atom is 0.0703 e. The summed E-state index contributed by atoms with van der Waals surface area (Å²) in [6.07, 6.45) is 3.50. The molecule has 1 N–H and O–H groups in total. The number of hydrogen-bond acceptors (Lipinski definition) is 3. The molecule has 0 saturated heterocycles. The first kappa shape index (κ1) is 9.20. The first-order chi connectivity index (χ1) is 6.86. The van der Waals surface area contributed by atoms with E-state index >= 15 is 0 Å². The molecule has 2 nitrogen and oxygen atoms in total. The summed E-state index contributed by atoms with van der Waals surface area (Å²) in [4.78, 5) is 4.06. The lowest BCUT2D eigenvalue weighted by Crippen LogP contribution is -1.86. The smallest absolute Gasteiger partial charge is 0.0703 e. The minimum absolute atomic E-state index is 0.0134. The number of thiophene rings is 1. The number of hydrogen-bond donors (Lipinski definition) is 1. The normalized spacial score (nSPS) is 9.86. The van der Waals surface area contributed by atoms with Crippen molar-refractivity contribution in [3.8, 4) is 11.8 Å². The van der Waals surface area contributed by atoms with Crippen molar-refractivity contribution in [2.45, 2.75) is 13.5 Å².